The zero-order chi connectivity index (χ0) is 19.1. The Hall–Kier alpha value is -2.04. The van der Waals surface area contributed by atoms with E-state index in [1.165, 1.54) is 0 Å². The van der Waals surface area contributed by atoms with Crippen LogP contribution in [0.4, 0.5) is 14.5 Å². The number of rotatable bonds is 7. The van der Waals surface area contributed by atoms with Crippen LogP contribution in [0.2, 0.25) is 0 Å². The van der Waals surface area contributed by atoms with Gasteiger partial charge in [0.05, 0.1) is 12.0 Å². The lowest BCUT2D eigenvalue weighted by Gasteiger charge is -2.22. The molecule has 1 aromatic heterocycles. The van der Waals surface area contributed by atoms with Crippen LogP contribution in [0.3, 0.4) is 0 Å². The Morgan fingerprint density at radius 1 is 1.32 bits per heavy atom. The van der Waals surface area contributed by atoms with Gasteiger partial charge in [0.25, 0.3) is 0 Å². The van der Waals surface area contributed by atoms with Crippen molar-refractivity contribution >= 4 is 35.6 Å². The van der Waals surface area contributed by atoms with Gasteiger partial charge in [-0.3, -0.25) is 4.99 Å². The molecule has 1 fully saturated rings. The summed E-state index contributed by atoms with van der Waals surface area (Å²) >= 11 is 0. The Bertz CT molecular complexity index is 743. The van der Waals surface area contributed by atoms with Crippen molar-refractivity contribution in [1.29, 1.82) is 0 Å². The fraction of sp³-hybridized carbons (Fsp3) is 0.421. The highest BCUT2D eigenvalue weighted by Gasteiger charge is 2.26. The van der Waals surface area contributed by atoms with Gasteiger partial charge in [-0.05, 0) is 30.7 Å². The van der Waals surface area contributed by atoms with Crippen molar-refractivity contribution in [3.8, 4) is 5.75 Å². The van der Waals surface area contributed by atoms with Crippen molar-refractivity contribution in [3.05, 3.63) is 48.4 Å². The molecule has 9 heteroatoms. The van der Waals surface area contributed by atoms with Gasteiger partial charge in [0.2, 0.25) is 0 Å². The zero-order valence-corrected chi connectivity index (χ0v) is 17.9. The molecule has 154 valence electrons. The fourth-order valence-electron chi connectivity index (χ4n) is 3.16. The number of hydrogen-bond acceptors (Lipinski definition) is 4. The molecule has 1 atom stereocenters. The first-order valence-electron chi connectivity index (χ1n) is 8.94. The van der Waals surface area contributed by atoms with Crippen molar-refractivity contribution in [2.45, 2.75) is 25.5 Å². The summed E-state index contributed by atoms with van der Waals surface area (Å²) in [4.78, 5) is 6.29. The van der Waals surface area contributed by atoms with Crippen molar-refractivity contribution < 1.29 is 17.9 Å². The summed E-state index contributed by atoms with van der Waals surface area (Å²) in [6.45, 7) is -0.693. The average molecular weight is 506 g/mol. The number of anilines is 1. The number of nitrogens with one attached hydrogen (secondary N) is 2. The molecule has 2 N–H and O–H groups in total. The number of furan rings is 1. The number of alkyl halides is 2. The monoisotopic (exact) mass is 506 g/mol. The van der Waals surface area contributed by atoms with Gasteiger partial charge < -0.3 is 24.7 Å². The highest BCUT2D eigenvalue weighted by molar-refractivity contribution is 14.0. The maximum Gasteiger partial charge on any atom is 0.387 e. The summed E-state index contributed by atoms with van der Waals surface area (Å²) in [5.41, 5.74) is 0.683. The Kier molecular flexibility index (Phi) is 8.81. The molecule has 0 spiro atoms. The van der Waals surface area contributed by atoms with Gasteiger partial charge in [0.1, 0.15) is 11.5 Å². The van der Waals surface area contributed by atoms with Crippen LogP contribution in [0, 0.1) is 0 Å². The smallest absolute Gasteiger partial charge is 0.387 e. The molecule has 1 saturated heterocycles. The van der Waals surface area contributed by atoms with Crippen LogP contribution in [-0.2, 0) is 6.42 Å². The van der Waals surface area contributed by atoms with Gasteiger partial charge in [-0.2, -0.15) is 8.78 Å². The van der Waals surface area contributed by atoms with Gasteiger partial charge in [0, 0.05) is 39.1 Å². The highest BCUT2D eigenvalue weighted by atomic mass is 127. The number of para-hydroxylation sites is 2. The van der Waals surface area contributed by atoms with Crippen molar-refractivity contribution in [2.24, 2.45) is 4.99 Å². The Balaban J connectivity index is 0.00000280. The number of benzene rings is 1. The maximum atomic E-state index is 12.6. The molecule has 1 unspecified atom stereocenters. The largest absolute Gasteiger partial charge is 0.469 e. The van der Waals surface area contributed by atoms with Crippen LogP contribution >= 0.6 is 24.0 Å². The van der Waals surface area contributed by atoms with E-state index in [4.69, 9.17) is 4.42 Å². The third-order valence-electron chi connectivity index (χ3n) is 4.42. The lowest BCUT2D eigenvalue weighted by Crippen LogP contribution is -2.45. The van der Waals surface area contributed by atoms with E-state index in [9.17, 15) is 8.78 Å². The molecule has 1 aromatic carbocycles. The minimum atomic E-state index is -2.83. The number of ether oxygens (including phenoxy) is 1. The summed E-state index contributed by atoms with van der Waals surface area (Å²) in [6.07, 6.45) is 3.30. The van der Waals surface area contributed by atoms with Crippen molar-refractivity contribution in [1.82, 2.24) is 10.6 Å². The quantitative estimate of drug-likeness (QED) is 0.342. The molecule has 0 bridgehead atoms. The molecule has 2 aromatic rings. The molecule has 6 nitrogen and oxygen atoms in total. The predicted molar refractivity (Wildman–Crippen MR) is 116 cm³/mol. The minimum absolute atomic E-state index is 0. The molecular weight excluding hydrogens is 481 g/mol. The summed E-state index contributed by atoms with van der Waals surface area (Å²) in [5.74, 6) is 1.83. The van der Waals surface area contributed by atoms with Crippen molar-refractivity contribution in [3.63, 3.8) is 0 Å². The van der Waals surface area contributed by atoms with E-state index in [0.717, 1.165) is 25.1 Å². The molecule has 0 amide bonds. The van der Waals surface area contributed by atoms with E-state index in [2.05, 4.69) is 20.4 Å². The Morgan fingerprint density at radius 2 is 2.14 bits per heavy atom. The number of hydrogen-bond donors (Lipinski definition) is 2. The van der Waals surface area contributed by atoms with Gasteiger partial charge in [-0.25, -0.2) is 0 Å². The number of aliphatic imine (C=N–C) groups is 1. The van der Waals surface area contributed by atoms with Crippen LogP contribution in [0.1, 0.15) is 12.2 Å². The maximum absolute atomic E-state index is 12.6. The molecule has 2 heterocycles. The summed E-state index contributed by atoms with van der Waals surface area (Å²) in [5, 5.41) is 6.65. The van der Waals surface area contributed by atoms with E-state index in [0.29, 0.717) is 24.7 Å². The molecule has 3 rings (SSSR count). The summed E-state index contributed by atoms with van der Waals surface area (Å²) < 4.78 is 35.2. The summed E-state index contributed by atoms with van der Waals surface area (Å²) in [6, 6.07) is 10.9. The first-order valence-corrected chi connectivity index (χ1v) is 8.94. The molecule has 1 aliphatic heterocycles. The predicted octanol–water partition coefficient (Wildman–Crippen LogP) is 3.49. The molecular formula is C19H25F2IN4O2. The Morgan fingerprint density at radius 3 is 2.86 bits per heavy atom. The van der Waals surface area contributed by atoms with Gasteiger partial charge >= 0.3 is 6.61 Å². The molecule has 0 aliphatic carbocycles. The number of halogens is 3. The zero-order valence-electron chi connectivity index (χ0n) is 15.6. The lowest BCUT2D eigenvalue weighted by atomic mass is 10.2. The van der Waals surface area contributed by atoms with E-state index < -0.39 is 6.61 Å². The standard InChI is InChI=1S/C19H24F2N4O2.HI/c1-22-19(23-10-8-15-5-4-12-26-15)24-14-9-11-25(13-14)16-6-2-3-7-17(16)27-18(20)21;/h2-7,12,14,18H,8-11,13H2,1H3,(H2,22,23,24);1H. The molecule has 1 aliphatic rings. The second-order valence-electron chi connectivity index (χ2n) is 6.25. The number of nitrogens with zero attached hydrogens (tertiary/aromatic N) is 2. The number of guanidine groups is 1. The van der Waals surface area contributed by atoms with Gasteiger partial charge in [0.15, 0.2) is 5.96 Å². The first-order chi connectivity index (χ1) is 13.2. The third kappa shape index (κ3) is 6.25. The van der Waals surface area contributed by atoms with Gasteiger partial charge in [-0.15, -0.1) is 24.0 Å². The van der Waals surface area contributed by atoms with Crippen LogP contribution in [0.25, 0.3) is 0 Å². The topological polar surface area (TPSA) is 62.0 Å². The first kappa shape index (κ1) is 22.3. The SMILES string of the molecule is CN=C(NCCc1ccco1)NC1CCN(c2ccccc2OC(F)F)C1.I. The van der Waals surface area contributed by atoms with E-state index >= 15 is 0 Å². The third-order valence-corrected chi connectivity index (χ3v) is 4.42. The second kappa shape index (κ2) is 11.1. The minimum Gasteiger partial charge on any atom is -0.469 e. The summed E-state index contributed by atoms with van der Waals surface area (Å²) in [7, 11) is 1.72. The highest BCUT2D eigenvalue weighted by Crippen LogP contribution is 2.31. The molecule has 0 radical (unpaired) electrons. The molecule has 28 heavy (non-hydrogen) atoms. The van der Waals surface area contributed by atoms with E-state index in [1.807, 2.05) is 23.1 Å². The van der Waals surface area contributed by atoms with Crippen LogP contribution in [-0.4, -0.2) is 45.3 Å². The second-order valence-corrected chi connectivity index (χ2v) is 6.25. The fourth-order valence-corrected chi connectivity index (χ4v) is 3.16. The molecule has 0 saturated carbocycles. The van der Waals surface area contributed by atoms with Gasteiger partial charge in [-0.1, -0.05) is 12.1 Å². The lowest BCUT2D eigenvalue weighted by molar-refractivity contribution is -0.0495. The van der Waals surface area contributed by atoms with Crippen LogP contribution in [0.5, 0.6) is 5.75 Å². The Labute approximate surface area is 180 Å². The van der Waals surface area contributed by atoms with Crippen LogP contribution in [0.15, 0.2) is 52.1 Å². The average Bonchev–Trinajstić information content (AvgIpc) is 3.33. The van der Waals surface area contributed by atoms with Crippen LogP contribution < -0.4 is 20.3 Å². The van der Waals surface area contributed by atoms with Crippen molar-refractivity contribution in [2.75, 3.05) is 31.6 Å². The normalized spacial score (nSPS) is 16.8. The van der Waals surface area contributed by atoms with E-state index in [1.54, 1.807) is 31.5 Å². The van der Waals surface area contributed by atoms with E-state index in [-0.39, 0.29) is 35.8 Å².